The van der Waals surface area contributed by atoms with Crippen LogP contribution in [0.15, 0.2) is 144 Å². The molecule has 5 heteroatoms. The second-order valence-corrected chi connectivity index (χ2v) is 24.7. The molecule has 0 atom stereocenters. The van der Waals surface area contributed by atoms with Crippen LogP contribution in [0.1, 0.15) is 111 Å². The van der Waals surface area contributed by atoms with Gasteiger partial charge < -0.3 is 13.9 Å². The maximum atomic E-state index is 7.03. The number of rotatable bonds is 3. The summed E-state index contributed by atoms with van der Waals surface area (Å²) < 4.78 is 11.9. The predicted molar refractivity (Wildman–Crippen MR) is 299 cm³/mol. The zero-order valence-electron chi connectivity index (χ0n) is 43.6. The molecule has 4 nitrogen and oxygen atoms in total. The number of fused-ring (bicyclic) bond motifs is 10. The number of nitrogens with zero attached hydrogens (tertiary/aromatic N) is 3. The van der Waals surface area contributed by atoms with Gasteiger partial charge in [0.05, 0.1) is 11.1 Å². The van der Waals surface area contributed by atoms with Crippen LogP contribution >= 0.6 is 0 Å². The Hall–Kier alpha value is -6.85. The van der Waals surface area contributed by atoms with Gasteiger partial charge in [-0.2, -0.15) is 0 Å². The summed E-state index contributed by atoms with van der Waals surface area (Å²) in [6, 6.07) is 51.7. The molecule has 5 heterocycles. The molecule has 0 saturated carbocycles. The molecule has 0 spiro atoms. The van der Waals surface area contributed by atoms with Crippen LogP contribution in [0.25, 0.3) is 71.8 Å². The number of hydrogen-bond donors (Lipinski definition) is 0. The van der Waals surface area contributed by atoms with E-state index in [1.807, 2.05) is 0 Å². The number of aryl methyl sites for hydroxylation is 2. The smallest absolute Gasteiger partial charge is 0.252 e. The fourth-order valence-electron chi connectivity index (χ4n) is 11.7. The van der Waals surface area contributed by atoms with Crippen molar-refractivity contribution < 1.29 is 8.98 Å². The highest BCUT2D eigenvalue weighted by Gasteiger charge is 2.44. The van der Waals surface area contributed by atoms with E-state index in [-0.39, 0.29) is 28.4 Å². The van der Waals surface area contributed by atoms with Gasteiger partial charge in [-0.1, -0.05) is 138 Å². The van der Waals surface area contributed by atoms with E-state index in [1.54, 1.807) is 0 Å². The van der Waals surface area contributed by atoms with Gasteiger partial charge in [0.25, 0.3) is 6.71 Å². The lowest BCUT2D eigenvalue weighted by molar-refractivity contribution is -0.660. The van der Waals surface area contributed by atoms with Crippen LogP contribution in [0.5, 0.6) is 0 Å². The number of aromatic nitrogens is 2. The summed E-state index contributed by atoms with van der Waals surface area (Å²) in [6.07, 6.45) is 2.11. The van der Waals surface area contributed by atoms with Gasteiger partial charge in [0, 0.05) is 61.9 Å². The van der Waals surface area contributed by atoms with Gasteiger partial charge >= 0.3 is 0 Å². The molecule has 0 bridgehead atoms. The average Bonchev–Trinajstić information content (AvgIpc) is 3.84. The van der Waals surface area contributed by atoms with Crippen molar-refractivity contribution in [1.29, 1.82) is 0 Å². The van der Waals surface area contributed by atoms with Crippen molar-refractivity contribution >= 4 is 83.9 Å². The highest BCUT2D eigenvalue weighted by atomic mass is 16.3. The molecule has 2 aliphatic rings. The van der Waals surface area contributed by atoms with Crippen molar-refractivity contribution in [2.75, 3.05) is 4.90 Å². The molecule has 3 aromatic heterocycles. The molecule has 12 rings (SSSR count). The molecular formula is C65H65BN3O+. The van der Waals surface area contributed by atoms with Crippen LogP contribution < -0.4 is 25.9 Å². The van der Waals surface area contributed by atoms with Gasteiger partial charge in [-0.15, -0.1) is 0 Å². The minimum atomic E-state index is -0.0627. The predicted octanol–water partition coefficient (Wildman–Crippen LogP) is 15.0. The topological polar surface area (TPSA) is 25.2 Å². The Bertz CT molecular complexity index is 3840. The maximum absolute atomic E-state index is 7.03. The molecule has 0 unspecified atom stereocenters. The monoisotopic (exact) mass is 915 g/mol. The summed E-state index contributed by atoms with van der Waals surface area (Å²) >= 11 is 0. The molecule has 0 saturated heterocycles. The number of benzene rings is 7. The Morgan fingerprint density at radius 2 is 1.13 bits per heavy atom. The fourth-order valence-corrected chi connectivity index (χ4v) is 11.7. The largest absolute Gasteiger partial charge is 0.455 e. The lowest BCUT2D eigenvalue weighted by Gasteiger charge is -2.41. The van der Waals surface area contributed by atoms with Gasteiger partial charge in [0.2, 0.25) is 5.69 Å². The van der Waals surface area contributed by atoms with Gasteiger partial charge in [-0.3, -0.25) is 0 Å². The Morgan fingerprint density at radius 1 is 0.500 bits per heavy atom. The molecule has 70 heavy (non-hydrogen) atoms. The summed E-state index contributed by atoms with van der Waals surface area (Å²) in [7, 11) is 2.11. The third kappa shape index (κ3) is 6.67. The number of pyridine rings is 1. The summed E-state index contributed by atoms with van der Waals surface area (Å²) in [5.74, 6) is 0. The van der Waals surface area contributed by atoms with E-state index in [9.17, 15) is 0 Å². The molecule has 10 aromatic rings. The maximum Gasteiger partial charge on any atom is 0.252 e. The standard InChI is InChI=1S/C65H65BN3O/c1-38-18-26-47-46-27-19-39(33-57(46)70-61(47)58(38)54-17-15-16-30-67(54)14)40-31-55-59-56(32-40)69-52-28-22-42(63(5,6)7)34-48(52)49-35-44(65(11,12)13)37-51(60(49)69)66(59)50-36-43(64(8,9)10)23-29-53(50)68(55)45-24-20-41(21-25-45)62(2,3)4/h15-37H,1-14H3/q+1. The normalized spacial score (nSPS) is 13.8. The van der Waals surface area contributed by atoms with Crippen LogP contribution in [-0.4, -0.2) is 11.3 Å². The first kappa shape index (κ1) is 44.4. The second kappa shape index (κ2) is 14.8. The molecule has 0 N–H and O–H groups in total. The minimum absolute atomic E-state index is 0.00368. The van der Waals surface area contributed by atoms with Gasteiger partial charge in [0.1, 0.15) is 18.2 Å². The van der Waals surface area contributed by atoms with E-state index in [4.69, 9.17) is 4.42 Å². The zero-order chi connectivity index (χ0) is 49.1. The fraction of sp³-hybridized carbons (Fsp3) is 0.277. The van der Waals surface area contributed by atoms with Crippen molar-refractivity contribution in [2.45, 2.75) is 112 Å². The third-order valence-electron chi connectivity index (χ3n) is 15.8. The van der Waals surface area contributed by atoms with Gasteiger partial charge in [0.15, 0.2) is 6.20 Å². The molecule has 7 aromatic carbocycles. The summed E-state index contributed by atoms with van der Waals surface area (Å²) in [4.78, 5) is 2.57. The molecule has 0 fully saturated rings. The zero-order valence-corrected chi connectivity index (χ0v) is 43.6. The molecule has 0 aliphatic carbocycles. The lowest BCUT2D eigenvalue weighted by atomic mass is 9.33. The Labute approximate surface area is 414 Å². The number of furan rings is 1. The van der Waals surface area contributed by atoms with Crippen LogP contribution in [0, 0.1) is 6.92 Å². The van der Waals surface area contributed by atoms with E-state index in [0.29, 0.717) is 0 Å². The first-order valence-electron chi connectivity index (χ1n) is 25.3. The minimum Gasteiger partial charge on any atom is -0.455 e. The molecule has 0 radical (unpaired) electrons. The van der Waals surface area contributed by atoms with Gasteiger partial charge in [-0.05, 0) is 151 Å². The SMILES string of the molecule is Cc1ccc2c(oc3cc(-c4cc5c6c(c4)-n4c7ccc(C(C)(C)C)cc7c7cc(C(C)(C)C)cc(c74)B6c4cc(C(C)(C)C)ccc4N5c4ccc(C(C)(C)C)cc4)ccc32)c1-c1cccc[n+]1C. The Balaban J connectivity index is 1.20. The lowest BCUT2D eigenvalue weighted by Crippen LogP contribution is -2.60. The van der Waals surface area contributed by atoms with E-state index < -0.39 is 0 Å². The molecule has 2 aliphatic heterocycles. The number of hydrogen-bond acceptors (Lipinski definition) is 2. The van der Waals surface area contributed by atoms with E-state index in [0.717, 1.165) is 50.0 Å². The highest BCUT2D eigenvalue weighted by Crippen LogP contribution is 2.47. The molecule has 348 valence electrons. The average molecular weight is 915 g/mol. The molecule has 0 amide bonds. The van der Waals surface area contributed by atoms with E-state index in [2.05, 4.69) is 251 Å². The van der Waals surface area contributed by atoms with Crippen LogP contribution in [0.4, 0.5) is 17.1 Å². The van der Waals surface area contributed by atoms with Crippen molar-refractivity contribution in [3.63, 3.8) is 0 Å². The Kier molecular flexibility index (Phi) is 9.41. The van der Waals surface area contributed by atoms with E-state index in [1.165, 1.54) is 83.1 Å². The quantitative estimate of drug-likeness (QED) is 0.130. The van der Waals surface area contributed by atoms with Crippen LogP contribution in [0.2, 0.25) is 0 Å². The summed E-state index contributed by atoms with van der Waals surface area (Å²) in [5, 5.41) is 4.90. The van der Waals surface area contributed by atoms with Crippen LogP contribution in [-0.2, 0) is 28.7 Å². The van der Waals surface area contributed by atoms with Crippen LogP contribution in [0.3, 0.4) is 0 Å². The second-order valence-electron chi connectivity index (χ2n) is 24.7. The molecular weight excluding hydrogens is 850 g/mol. The van der Waals surface area contributed by atoms with Crippen molar-refractivity contribution in [2.24, 2.45) is 7.05 Å². The van der Waals surface area contributed by atoms with Crippen molar-refractivity contribution in [3.8, 4) is 28.1 Å². The van der Waals surface area contributed by atoms with E-state index >= 15 is 0 Å². The summed E-state index contributed by atoms with van der Waals surface area (Å²) in [5.41, 5.74) is 24.3. The Morgan fingerprint density at radius 3 is 1.83 bits per heavy atom. The van der Waals surface area contributed by atoms with Crippen molar-refractivity contribution in [3.05, 3.63) is 167 Å². The van der Waals surface area contributed by atoms with Gasteiger partial charge in [-0.25, -0.2) is 4.57 Å². The third-order valence-corrected chi connectivity index (χ3v) is 15.8. The summed E-state index contributed by atoms with van der Waals surface area (Å²) in [6.45, 7) is 30.2. The first-order chi connectivity index (χ1) is 33.1. The number of anilines is 3. The highest BCUT2D eigenvalue weighted by molar-refractivity contribution is 7.00. The first-order valence-corrected chi connectivity index (χ1v) is 25.3. The van der Waals surface area contributed by atoms with Crippen molar-refractivity contribution in [1.82, 2.24) is 4.57 Å².